The summed E-state index contributed by atoms with van der Waals surface area (Å²) < 4.78 is 0. The summed E-state index contributed by atoms with van der Waals surface area (Å²) in [6.07, 6.45) is 5.68. The fourth-order valence-corrected chi connectivity index (χ4v) is 3.24. The molecule has 1 saturated carbocycles. The van der Waals surface area contributed by atoms with Gasteiger partial charge in [-0.3, -0.25) is 0 Å². The van der Waals surface area contributed by atoms with Crippen molar-refractivity contribution < 1.29 is 0 Å². The second kappa shape index (κ2) is 5.81. The Bertz CT molecular complexity index is 858. The summed E-state index contributed by atoms with van der Waals surface area (Å²) in [5.74, 6) is 0.696. The Morgan fingerprint density at radius 3 is 2.74 bits per heavy atom. The molecule has 1 aliphatic heterocycles. The molecule has 3 nitrogen and oxygen atoms in total. The van der Waals surface area contributed by atoms with Crippen LogP contribution in [0.15, 0.2) is 48.7 Å². The number of hydrogen-bond donors (Lipinski definition) is 2. The van der Waals surface area contributed by atoms with E-state index in [-0.39, 0.29) is 0 Å². The van der Waals surface area contributed by atoms with Crippen molar-refractivity contribution in [1.82, 2.24) is 4.98 Å². The Morgan fingerprint density at radius 2 is 1.96 bits per heavy atom. The van der Waals surface area contributed by atoms with Crippen molar-refractivity contribution in [1.29, 1.82) is 5.26 Å². The Kier molecular flexibility index (Phi) is 3.51. The van der Waals surface area contributed by atoms with E-state index in [9.17, 15) is 0 Å². The summed E-state index contributed by atoms with van der Waals surface area (Å²) in [5.41, 5.74) is 5.98. The highest BCUT2D eigenvalue weighted by Gasteiger charge is 2.25. The van der Waals surface area contributed by atoms with Crippen molar-refractivity contribution in [2.45, 2.75) is 25.2 Å². The number of aromatic amines is 1. The Balaban J connectivity index is 0.000000130. The molecule has 1 aliphatic carbocycles. The van der Waals surface area contributed by atoms with Gasteiger partial charge in [0.1, 0.15) is 0 Å². The lowest BCUT2D eigenvalue weighted by Gasteiger charge is -2.01. The molecule has 2 N–H and O–H groups in total. The first-order chi connectivity index (χ1) is 11.3. The lowest BCUT2D eigenvalue weighted by atomic mass is 10.0. The van der Waals surface area contributed by atoms with Crippen LogP contribution in [0, 0.1) is 11.3 Å². The Hall–Kier alpha value is -2.73. The topological polar surface area (TPSA) is 51.6 Å². The number of nitrogens with one attached hydrogen (secondary N) is 2. The molecular formula is C20H19N3. The number of fused-ring (bicyclic) bond motifs is 2. The molecule has 2 aliphatic rings. The number of benzene rings is 2. The highest BCUT2D eigenvalue weighted by atomic mass is 14.9. The zero-order valence-corrected chi connectivity index (χ0v) is 13.0. The smallest absolute Gasteiger partial charge is 0.0992 e. The van der Waals surface area contributed by atoms with E-state index in [0.717, 1.165) is 17.6 Å². The van der Waals surface area contributed by atoms with Crippen LogP contribution in [0.4, 0.5) is 5.69 Å². The van der Waals surface area contributed by atoms with Gasteiger partial charge in [-0.05, 0) is 60.6 Å². The second-order valence-corrected chi connectivity index (χ2v) is 6.22. The zero-order chi connectivity index (χ0) is 15.6. The summed E-state index contributed by atoms with van der Waals surface area (Å²) in [6, 6.07) is 16.7. The maximum Gasteiger partial charge on any atom is 0.0992 e. The van der Waals surface area contributed by atoms with Crippen molar-refractivity contribution in [3.8, 4) is 6.07 Å². The van der Waals surface area contributed by atoms with Crippen molar-refractivity contribution in [2.75, 3.05) is 11.9 Å². The molecule has 5 rings (SSSR count). The average Bonchev–Trinajstić information content (AvgIpc) is 3.13. The number of anilines is 1. The number of aromatic nitrogens is 1. The molecule has 3 aromatic rings. The minimum Gasteiger partial charge on any atom is -0.384 e. The predicted molar refractivity (Wildman–Crippen MR) is 93.6 cm³/mol. The Morgan fingerprint density at radius 1 is 1.09 bits per heavy atom. The summed E-state index contributed by atoms with van der Waals surface area (Å²) in [6.45, 7) is 1.11. The molecule has 3 heteroatoms. The first kappa shape index (κ1) is 13.9. The second-order valence-electron chi connectivity index (χ2n) is 6.22. The molecular weight excluding hydrogens is 282 g/mol. The SMILES string of the molecule is N#Cc1cc(C2CC2)c2cc[nH]c2c1.c1ccc2c(c1)CCN2. The van der Waals surface area contributed by atoms with Gasteiger partial charge in [0.05, 0.1) is 11.6 Å². The van der Waals surface area contributed by atoms with E-state index in [1.165, 1.54) is 41.5 Å². The van der Waals surface area contributed by atoms with Crippen LogP contribution < -0.4 is 5.32 Å². The van der Waals surface area contributed by atoms with Gasteiger partial charge in [0.2, 0.25) is 0 Å². The molecule has 2 heterocycles. The van der Waals surface area contributed by atoms with Gasteiger partial charge >= 0.3 is 0 Å². The van der Waals surface area contributed by atoms with E-state index >= 15 is 0 Å². The first-order valence-corrected chi connectivity index (χ1v) is 8.18. The van der Waals surface area contributed by atoms with Crippen LogP contribution >= 0.6 is 0 Å². The van der Waals surface area contributed by atoms with E-state index in [0.29, 0.717) is 5.92 Å². The minimum absolute atomic E-state index is 0.696. The molecule has 2 aromatic carbocycles. The van der Waals surface area contributed by atoms with Gasteiger partial charge in [-0.1, -0.05) is 18.2 Å². The molecule has 0 bridgehead atoms. The molecule has 1 fully saturated rings. The fourth-order valence-electron chi connectivity index (χ4n) is 3.24. The van der Waals surface area contributed by atoms with Gasteiger partial charge in [-0.25, -0.2) is 0 Å². The normalized spacial score (nSPS) is 15.3. The van der Waals surface area contributed by atoms with Crippen molar-refractivity contribution in [3.63, 3.8) is 0 Å². The van der Waals surface area contributed by atoms with Crippen LogP contribution in [-0.2, 0) is 6.42 Å². The van der Waals surface area contributed by atoms with E-state index in [4.69, 9.17) is 5.26 Å². The van der Waals surface area contributed by atoms with Crippen LogP contribution in [0.1, 0.15) is 35.4 Å². The number of nitriles is 1. The molecule has 0 atom stereocenters. The van der Waals surface area contributed by atoms with Gasteiger partial charge in [0.25, 0.3) is 0 Å². The molecule has 0 unspecified atom stereocenters. The number of rotatable bonds is 1. The van der Waals surface area contributed by atoms with Gasteiger partial charge in [0, 0.05) is 29.3 Å². The fraction of sp³-hybridized carbons (Fsp3) is 0.250. The van der Waals surface area contributed by atoms with Crippen LogP contribution in [0.3, 0.4) is 0 Å². The third-order valence-corrected chi connectivity index (χ3v) is 4.57. The standard InChI is InChI=1S/C12H10N2.C8H9N/c13-7-8-5-11(9-1-2-9)10-3-4-14-12(10)6-8;1-2-4-8-7(3-1)5-6-9-8/h3-6,9,14H,1-2H2;1-4,9H,5-6H2. The number of hydrogen-bond acceptors (Lipinski definition) is 2. The van der Waals surface area contributed by atoms with Crippen LogP contribution in [0.2, 0.25) is 0 Å². The third kappa shape index (κ3) is 2.80. The van der Waals surface area contributed by atoms with Gasteiger partial charge in [0.15, 0.2) is 0 Å². The summed E-state index contributed by atoms with van der Waals surface area (Å²) >= 11 is 0. The zero-order valence-electron chi connectivity index (χ0n) is 13.0. The van der Waals surface area contributed by atoms with Crippen LogP contribution in [-0.4, -0.2) is 11.5 Å². The van der Waals surface area contributed by atoms with Gasteiger partial charge in [-0.15, -0.1) is 0 Å². The van der Waals surface area contributed by atoms with Crippen molar-refractivity contribution in [2.24, 2.45) is 0 Å². The number of nitrogens with zero attached hydrogens (tertiary/aromatic N) is 1. The van der Waals surface area contributed by atoms with Crippen LogP contribution in [0.25, 0.3) is 10.9 Å². The lowest BCUT2D eigenvalue weighted by Crippen LogP contribution is -1.90. The lowest BCUT2D eigenvalue weighted by molar-refractivity contribution is 1.11. The maximum absolute atomic E-state index is 8.90. The summed E-state index contributed by atoms with van der Waals surface area (Å²) in [5, 5.41) is 13.5. The Labute approximate surface area is 136 Å². The van der Waals surface area contributed by atoms with E-state index in [2.05, 4.69) is 46.7 Å². The largest absolute Gasteiger partial charge is 0.384 e. The monoisotopic (exact) mass is 301 g/mol. The highest BCUT2D eigenvalue weighted by Crippen LogP contribution is 2.43. The van der Waals surface area contributed by atoms with E-state index in [1.54, 1.807) is 0 Å². The van der Waals surface area contributed by atoms with E-state index in [1.807, 2.05) is 18.3 Å². The molecule has 0 radical (unpaired) electrons. The molecule has 114 valence electrons. The third-order valence-electron chi connectivity index (χ3n) is 4.57. The van der Waals surface area contributed by atoms with Crippen molar-refractivity contribution in [3.05, 3.63) is 65.4 Å². The molecule has 0 amide bonds. The molecule has 0 spiro atoms. The predicted octanol–water partition coefficient (Wildman–Crippen LogP) is 4.57. The first-order valence-electron chi connectivity index (χ1n) is 8.18. The average molecular weight is 301 g/mol. The van der Waals surface area contributed by atoms with Crippen LogP contribution in [0.5, 0.6) is 0 Å². The molecule has 0 saturated heterocycles. The molecule has 23 heavy (non-hydrogen) atoms. The highest BCUT2D eigenvalue weighted by molar-refractivity contribution is 5.85. The molecule has 1 aromatic heterocycles. The maximum atomic E-state index is 8.90. The minimum atomic E-state index is 0.696. The quantitative estimate of drug-likeness (QED) is 0.691. The summed E-state index contributed by atoms with van der Waals surface area (Å²) in [4.78, 5) is 3.17. The van der Waals surface area contributed by atoms with E-state index < -0.39 is 0 Å². The van der Waals surface area contributed by atoms with Gasteiger partial charge < -0.3 is 10.3 Å². The van der Waals surface area contributed by atoms with Gasteiger partial charge in [-0.2, -0.15) is 5.26 Å². The number of para-hydroxylation sites is 1. The summed E-state index contributed by atoms with van der Waals surface area (Å²) in [7, 11) is 0. The van der Waals surface area contributed by atoms with Crippen molar-refractivity contribution >= 4 is 16.6 Å². The number of H-pyrrole nitrogens is 1.